The summed E-state index contributed by atoms with van der Waals surface area (Å²) >= 11 is 3.20. The largest absolute Gasteiger partial charge is 0.493 e. The molecule has 0 aliphatic rings. The van der Waals surface area contributed by atoms with Gasteiger partial charge in [-0.25, -0.2) is 9.97 Å². The van der Waals surface area contributed by atoms with E-state index in [1.165, 1.54) is 10.7 Å². The molecule has 4 rings (SSSR count). The molecule has 10 heteroatoms. The number of fused-ring (bicyclic) bond motifs is 1. The molecule has 1 N–H and O–H groups in total. The van der Waals surface area contributed by atoms with E-state index in [2.05, 4.69) is 36.3 Å². The quantitative estimate of drug-likeness (QED) is 0.307. The molecule has 154 valence electrons. The fourth-order valence-electron chi connectivity index (χ4n) is 2.94. The number of furan rings is 1. The molecule has 0 spiro atoms. The molecule has 0 bridgehead atoms. The molecule has 0 aliphatic heterocycles. The molecule has 4 aromatic rings. The minimum Gasteiger partial charge on any atom is -0.493 e. The van der Waals surface area contributed by atoms with Gasteiger partial charge in [-0.15, -0.1) is 5.10 Å². The molecule has 3 aromatic heterocycles. The number of anilines is 1. The van der Waals surface area contributed by atoms with E-state index in [1.54, 1.807) is 32.6 Å². The van der Waals surface area contributed by atoms with Crippen LogP contribution in [-0.2, 0) is 6.54 Å². The van der Waals surface area contributed by atoms with Crippen LogP contribution < -0.4 is 14.8 Å². The highest BCUT2D eigenvalue weighted by atomic mass is 79.9. The number of benzene rings is 1. The van der Waals surface area contributed by atoms with Gasteiger partial charge in [0.2, 0.25) is 11.8 Å². The molecular weight excluding hydrogens is 454 g/mol. The monoisotopic (exact) mass is 471 g/mol. The van der Waals surface area contributed by atoms with Gasteiger partial charge in [0.25, 0.3) is 0 Å². The summed E-state index contributed by atoms with van der Waals surface area (Å²) < 4.78 is 17.5. The van der Waals surface area contributed by atoms with Crippen LogP contribution in [0.2, 0.25) is 0 Å². The van der Waals surface area contributed by atoms with Crippen LogP contribution in [0.3, 0.4) is 0 Å². The van der Waals surface area contributed by atoms with Gasteiger partial charge in [0, 0.05) is 12.7 Å². The lowest BCUT2D eigenvalue weighted by molar-refractivity contribution is 0.102. The van der Waals surface area contributed by atoms with Gasteiger partial charge in [0.1, 0.15) is 0 Å². The van der Waals surface area contributed by atoms with E-state index in [0.29, 0.717) is 46.8 Å². The van der Waals surface area contributed by atoms with Crippen LogP contribution in [0.1, 0.15) is 15.9 Å². The van der Waals surface area contributed by atoms with E-state index in [0.717, 1.165) is 5.56 Å². The molecular formula is C20H18BrN5O4. The molecule has 9 nitrogen and oxygen atoms in total. The number of alkyl halides is 1. The highest BCUT2D eigenvalue weighted by molar-refractivity contribution is 9.09. The van der Waals surface area contributed by atoms with Crippen molar-refractivity contribution in [2.24, 2.45) is 0 Å². The number of ketones is 1. The third kappa shape index (κ3) is 3.73. The summed E-state index contributed by atoms with van der Waals surface area (Å²) in [4.78, 5) is 21.2. The van der Waals surface area contributed by atoms with Crippen molar-refractivity contribution in [3.8, 4) is 23.1 Å². The predicted molar refractivity (Wildman–Crippen MR) is 113 cm³/mol. The standard InChI is InChI=1S/C20H18BrN5O4/c1-28-15-6-5-12(8-17(15)29-2)10-22-20-23-11-13(14(27)9-21)19-24-18(25-26(19)20)16-4-3-7-30-16/h3-8,11H,9-10H2,1-2H3,(H,22,23). The summed E-state index contributed by atoms with van der Waals surface area (Å²) in [6.07, 6.45) is 3.04. The summed E-state index contributed by atoms with van der Waals surface area (Å²) in [5, 5.41) is 7.87. The number of ether oxygens (including phenoxy) is 2. The Bertz CT molecular complexity index is 1190. The number of methoxy groups -OCH3 is 2. The number of hydrogen-bond donors (Lipinski definition) is 1. The maximum atomic E-state index is 12.3. The van der Waals surface area contributed by atoms with Gasteiger partial charge in [-0.05, 0) is 29.8 Å². The van der Waals surface area contributed by atoms with Gasteiger partial charge in [0.15, 0.2) is 28.7 Å². The lowest BCUT2D eigenvalue weighted by Gasteiger charge is -2.11. The molecule has 0 fully saturated rings. The SMILES string of the molecule is COc1ccc(CNc2ncc(C(=O)CBr)c3nc(-c4ccco4)nn23)cc1OC. The van der Waals surface area contributed by atoms with Crippen LogP contribution in [0.4, 0.5) is 5.95 Å². The smallest absolute Gasteiger partial charge is 0.226 e. The van der Waals surface area contributed by atoms with Gasteiger partial charge >= 0.3 is 0 Å². The fraction of sp³-hybridized carbons (Fsp3) is 0.200. The first-order chi connectivity index (χ1) is 14.6. The molecule has 3 heterocycles. The Morgan fingerprint density at radius 3 is 2.77 bits per heavy atom. The predicted octanol–water partition coefficient (Wildman–Crippen LogP) is 3.59. The second-order valence-corrected chi connectivity index (χ2v) is 6.80. The summed E-state index contributed by atoms with van der Waals surface area (Å²) in [6.45, 7) is 0.449. The summed E-state index contributed by atoms with van der Waals surface area (Å²) in [5.41, 5.74) is 1.72. The number of hydrogen-bond acceptors (Lipinski definition) is 8. The number of carbonyl (C=O) groups excluding carboxylic acids is 1. The van der Waals surface area contributed by atoms with Crippen LogP contribution >= 0.6 is 15.9 Å². The first-order valence-corrected chi connectivity index (χ1v) is 10.1. The summed E-state index contributed by atoms with van der Waals surface area (Å²) in [6, 6.07) is 9.14. The Morgan fingerprint density at radius 1 is 1.23 bits per heavy atom. The summed E-state index contributed by atoms with van der Waals surface area (Å²) in [7, 11) is 3.18. The van der Waals surface area contributed by atoms with Gasteiger partial charge in [-0.2, -0.15) is 4.52 Å². The van der Waals surface area contributed by atoms with Crippen LogP contribution in [0.15, 0.2) is 47.2 Å². The van der Waals surface area contributed by atoms with Crippen molar-refractivity contribution < 1.29 is 18.7 Å². The van der Waals surface area contributed by atoms with E-state index < -0.39 is 0 Å². The van der Waals surface area contributed by atoms with E-state index in [-0.39, 0.29) is 11.1 Å². The number of carbonyl (C=O) groups is 1. The zero-order chi connectivity index (χ0) is 21.1. The van der Waals surface area contributed by atoms with Crippen LogP contribution in [-0.4, -0.2) is 44.9 Å². The number of nitrogens with zero attached hydrogens (tertiary/aromatic N) is 4. The Hall–Kier alpha value is -3.40. The average molecular weight is 472 g/mol. The molecule has 0 unspecified atom stereocenters. The molecule has 0 radical (unpaired) electrons. The Labute approximate surface area is 180 Å². The van der Waals surface area contributed by atoms with Crippen molar-refractivity contribution in [2.75, 3.05) is 24.9 Å². The summed E-state index contributed by atoms with van der Waals surface area (Å²) in [5.74, 6) is 2.45. The van der Waals surface area contributed by atoms with Crippen molar-refractivity contribution in [1.82, 2.24) is 19.6 Å². The zero-order valence-electron chi connectivity index (χ0n) is 16.3. The molecule has 0 saturated carbocycles. The van der Waals surface area contributed by atoms with Crippen molar-refractivity contribution in [2.45, 2.75) is 6.54 Å². The van der Waals surface area contributed by atoms with Gasteiger partial charge in [-0.1, -0.05) is 22.0 Å². The fourth-order valence-corrected chi connectivity index (χ4v) is 3.25. The van der Waals surface area contributed by atoms with Crippen LogP contribution in [0.25, 0.3) is 17.2 Å². The number of aromatic nitrogens is 4. The topological polar surface area (TPSA) is 104 Å². The molecule has 0 aliphatic carbocycles. The van der Waals surface area contributed by atoms with Crippen LogP contribution in [0.5, 0.6) is 11.5 Å². The Balaban J connectivity index is 1.69. The first kappa shape index (κ1) is 19.9. The van der Waals surface area contributed by atoms with Crippen LogP contribution in [0, 0.1) is 0 Å². The third-order valence-corrected chi connectivity index (χ3v) is 4.94. The number of rotatable bonds is 8. The van der Waals surface area contributed by atoms with Gasteiger partial charge in [-0.3, -0.25) is 4.79 Å². The van der Waals surface area contributed by atoms with E-state index in [9.17, 15) is 4.79 Å². The number of nitrogens with one attached hydrogen (secondary N) is 1. The highest BCUT2D eigenvalue weighted by Crippen LogP contribution is 2.28. The lowest BCUT2D eigenvalue weighted by Crippen LogP contribution is -2.11. The van der Waals surface area contributed by atoms with E-state index >= 15 is 0 Å². The maximum Gasteiger partial charge on any atom is 0.226 e. The highest BCUT2D eigenvalue weighted by Gasteiger charge is 2.19. The van der Waals surface area contributed by atoms with Crippen molar-refractivity contribution in [3.63, 3.8) is 0 Å². The van der Waals surface area contributed by atoms with E-state index in [4.69, 9.17) is 13.9 Å². The van der Waals surface area contributed by atoms with E-state index in [1.807, 2.05) is 18.2 Å². The number of Topliss-reactive ketones (excluding diaryl/α,β-unsaturated/α-hetero) is 1. The van der Waals surface area contributed by atoms with Crippen molar-refractivity contribution in [3.05, 3.63) is 53.9 Å². The van der Waals surface area contributed by atoms with Crippen molar-refractivity contribution >= 4 is 33.3 Å². The van der Waals surface area contributed by atoms with Gasteiger partial charge < -0.3 is 19.2 Å². The maximum absolute atomic E-state index is 12.3. The Morgan fingerprint density at radius 2 is 2.07 bits per heavy atom. The second-order valence-electron chi connectivity index (χ2n) is 6.24. The lowest BCUT2D eigenvalue weighted by atomic mass is 10.2. The normalized spacial score (nSPS) is 10.9. The average Bonchev–Trinajstić information content (AvgIpc) is 3.46. The zero-order valence-corrected chi connectivity index (χ0v) is 17.8. The molecule has 0 saturated heterocycles. The minimum absolute atomic E-state index is 0.141. The Kier molecular flexibility index (Phi) is 5.66. The first-order valence-electron chi connectivity index (χ1n) is 8.98. The number of halogens is 1. The van der Waals surface area contributed by atoms with Crippen molar-refractivity contribution in [1.29, 1.82) is 0 Å². The second kappa shape index (κ2) is 8.54. The molecule has 30 heavy (non-hydrogen) atoms. The molecule has 0 amide bonds. The molecule has 0 atom stereocenters. The minimum atomic E-state index is -0.141. The van der Waals surface area contributed by atoms with Gasteiger partial charge in [0.05, 0.1) is 31.4 Å². The third-order valence-electron chi connectivity index (χ3n) is 4.43. The molecule has 1 aromatic carbocycles.